The smallest absolute Gasteiger partial charge is 0.245 e. The molecule has 0 bridgehead atoms. The number of nitrogens with two attached hydrogens (primary N) is 2. The predicted molar refractivity (Wildman–Crippen MR) is 77.7 cm³/mol. The Morgan fingerprint density at radius 3 is 2.65 bits per heavy atom. The lowest BCUT2D eigenvalue weighted by Gasteiger charge is -2.00. The third-order valence-corrected chi connectivity index (χ3v) is 3.13. The van der Waals surface area contributed by atoms with Gasteiger partial charge < -0.3 is 11.5 Å². The van der Waals surface area contributed by atoms with Crippen LogP contribution in [0.2, 0.25) is 5.02 Å². The second-order valence-corrected chi connectivity index (χ2v) is 4.54. The molecular weight excluding hydrogens is 280 g/mol. The minimum Gasteiger partial charge on any atom is -0.382 e. The van der Waals surface area contributed by atoms with E-state index in [1.807, 2.05) is 6.92 Å². The number of azo groups is 1. The number of carbonyl (C=O) groups is 1. The van der Waals surface area contributed by atoms with E-state index in [-0.39, 0.29) is 23.2 Å². The Bertz CT molecular complexity index is 706. The summed E-state index contributed by atoms with van der Waals surface area (Å²) >= 11 is 5.99. The van der Waals surface area contributed by atoms with Crippen molar-refractivity contribution in [3.63, 3.8) is 0 Å². The number of halogens is 1. The zero-order valence-electron chi connectivity index (χ0n) is 11.0. The average molecular weight is 293 g/mol. The summed E-state index contributed by atoms with van der Waals surface area (Å²) in [6, 6.07) is 5.27. The topological polar surface area (TPSA) is 112 Å². The van der Waals surface area contributed by atoms with Crippen molar-refractivity contribution < 1.29 is 4.79 Å². The molecule has 2 aromatic rings. The van der Waals surface area contributed by atoms with Crippen LogP contribution in [0.5, 0.6) is 0 Å². The summed E-state index contributed by atoms with van der Waals surface area (Å²) in [6.07, 6.45) is 0. The lowest BCUT2D eigenvalue weighted by molar-refractivity contribution is 0.0924. The summed E-state index contributed by atoms with van der Waals surface area (Å²) in [4.78, 5) is 11.3. The molecule has 0 amide bonds. The van der Waals surface area contributed by atoms with Gasteiger partial charge in [-0.15, -0.1) is 15.3 Å². The number of benzene rings is 1. The molecule has 2 rings (SSSR count). The first kappa shape index (κ1) is 14.0. The first-order valence-electron chi connectivity index (χ1n) is 5.73. The SMILES string of the molecule is CC(=O)n1nc(N)c(N=Nc2cccc(Cl)c2C)c1N. The second kappa shape index (κ2) is 5.30. The van der Waals surface area contributed by atoms with E-state index in [4.69, 9.17) is 23.1 Å². The quantitative estimate of drug-likeness (QED) is 0.828. The molecule has 1 heterocycles. The number of hydrogen-bond donors (Lipinski definition) is 2. The van der Waals surface area contributed by atoms with Gasteiger partial charge in [-0.05, 0) is 24.6 Å². The van der Waals surface area contributed by atoms with Crippen LogP contribution in [0.4, 0.5) is 23.0 Å². The highest BCUT2D eigenvalue weighted by Crippen LogP contribution is 2.32. The Morgan fingerprint density at radius 2 is 2.05 bits per heavy atom. The fourth-order valence-corrected chi connectivity index (χ4v) is 1.76. The lowest BCUT2D eigenvalue weighted by atomic mass is 10.2. The molecule has 7 nitrogen and oxygen atoms in total. The highest BCUT2D eigenvalue weighted by Gasteiger charge is 2.15. The monoisotopic (exact) mass is 292 g/mol. The standard InChI is InChI=1S/C12H13ClN6O/c1-6-8(13)4-3-5-9(6)16-17-10-11(14)18-19(7(2)20)12(10)15/h3-5H,15H2,1-2H3,(H2,14,18). The number of aromatic nitrogens is 2. The second-order valence-electron chi connectivity index (χ2n) is 4.13. The van der Waals surface area contributed by atoms with E-state index in [2.05, 4.69) is 15.3 Å². The summed E-state index contributed by atoms with van der Waals surface area (Å²) in [7, 11) is 0. The van der Waals surface area contributed by atoms with Crippen LogP contribution in [0.3, 0.4) is 0 Å². The Hall–Kier alpha value is -2.41. The summed E-state index contributed by atoms with van der Waals surface area (Å²) in [5.74, 6) is -0.255. The lowest BCUT2D eigenvalue weighted by Crippen LogP contribution is -2.10. The molecule has 0 fully saturated rings. The van der Waals surface area contributed by atoms with Crippen LogP contribution in [0, 0.1) is 6.92 Å². The van der Waals surface area contributed by atoms with Crippen LogP contribution in [0.25, 0.3) is 0 Å². The van der Waals surface area contributed by atoms with Gasteiger partial charge in [0.25, 0.3) is 0 Å². The van der Waals surface area contributed by atoms with Gasteiger partial charge in [-0.25, -0.2) is 0 Å². The molecule has 1 aromatic heterocycles. The number of rotatable bonds is 2. The molecule has 8 heteroatoms. The minimum absolute atomic E-state index is 0.0427. The maximum absolute atomic E-state index is 11.3. The number of nitrogen functional groups attached to an aromatic ring is 2. The maximum atomic E-state index is 11.3. The molecule has 0 saturated carbocycles. The van der Waals surface area contributed by atoms with Crippen LogP contribution in [-0.4, -0.2) is 15.7 Å². The fourth-order valence-electron chi connectivity index (χ4n) is 1.59. The van der Waals surface area contributed by atoms with Gasteiger partial charge in [-0.3, -0.25) is 4.79 Å². The Balaban J connectivity index is 2.42. The van der Waals surface area contributed by atoms with Crippen molar-refractivity contribution in [1.82, 2.24) is 9.78 Å². The highest BCUT2D eigenvalue weighted by molar-refractivity contribution is 6.31. The summed E-state index contributed by atoms with van der Waals surface area (Å²) in [5, 5.41) is 12.4. The van der Waals surface area contributed by atoms with Crippen molar-refractivity contribution in [2.45, 2.75) is 13.8 Å². The van der Waals surface area contributed by atoms with Crippen molar-refractivity contribution >= 4 is 40.5 Å². The Morgan fingerprint density at radius 1 is 1.35 bits per heavy atom. The zero-order valence-corrected chi connectivity index (χ0v) is 11.7. The third-order valence-electron chi connectivity index (χ3n) is 2.72. The largest absolute Gasteiger partial charge is 0.382 e. The molecule has 20 heavy (non-hydrogen) atoms. The average Bonchev–Trinajstić information content (AvgIpc) is 2.67. The van der Waals surface area contributed by atoms with E-state index in [0.29, 0.717) is 10.7 Å². The molecule has 0 aliphatic carbocycles. The van der Waals surface area contributed by atoms with Gasteiger partial charge in [0, 0.05) is 11.9 Å². The summed E-state index contributed by atoms with van der Waals surface area (Å²) in [5.41, 5.74) is 13.0. The Labute approximate surface area is 120 Å². The molecule has 0 radical (unpaired) electrons. The molecule has 4 N–H and O–H groups in total. The number of hydrogen-bond acceptors (Lipinski definition) is 6. The first-order valence-corrected chi connectivity index (χ1v) is 6.11. The van der Waals surface area contributed by atoms with E-state index in [1.165, 1.54) is 6.92 Å². The van der Waals surface area contributed by atoms with Crippen molar-refractivity contribution in [3.8, 4) is 0 Å². The van der Waals surface area contributed by atoms with E-state index in [9.17, 15) is 4.79 Å². The van der Waals surface area contributed by atoms with Crippen molar-refractivity contribution in [3.05, 3.63) is 28.8 Å². The third kappa shape index (κ3) is 2.48. The van der Waals surface area contributed by atoms with E-state index < -0.39 is 0 Å². The Kier molecular flexibility index (Phi) is 3.71. The fraction of sp³-hybridized carbons (Fsp3) is 0.167. The molecule has 0 aliphatic rings. The molecule has 104 valence electrons. The van der Waals surface area contributed by atoms with Gasteiger partial charge in [-0.2, -0.15) is 4.68 Å². The molecule has 0 atom stereocenters. The predicted octanol–water partition coefficient (Wildman–Crippen LogP) is 3.08. The van der Waals surface area contributed by atoms with Gasteiger partial charge in [0.15, 0.2) is 17.3 Å². The molecule has 0 aliphatic heterocycles. The molecule has 0 spiro atoms. The maximum Gasteiger partial charge on any atom is 0.245 e. The zero-order chi connectivity index (χ0) is 14.9. The van der Waals surface area contributed by atoms with Gasteiger partial charge in [0.05, 0.1) is 5.69 Å². The van der Waals surface area contributed by atoms with Gasteiger partial charge >= 0.3 is 0 Å². The van der Waals surface area contributed by atoms with Crippen molar-refractivity contribution in [2.24, 2.45) is 10.2 Å². The normalized spacial score (nSPS) is 11.2. The molecule has 1 aromatic carbocycles. The number of anilines is 2. The van der Waals surface area contributed by atoms with Crippen LogP contribution >= 0.6 is 11.6 Å². The first-order chi connectivity index (χ1) is 9.41. The van der Waals surface area contributed by atoms with Gasteiger partial charge in [0.2, 0.25) is 5.91 Å². The summed E-state index contributed by atoms with van der Waals surface area (Å²) < 4.78 is 0.981. The van der Waals surface area contributed by atoms with Crippen LogP contribution < -0.4 is 11.5 Å². The van der Waals surface area contributed by atoms with Crippen LogP contribution in [0.15, 0.2) is 28.4 Å². The summed E-state index contributed by atoms with van der Waals surface area (Å²) in [6.45, 7) is 3.15. The molecule has 0 saturated heterocycles. The van der Waals surface area contributed by atoms with Crippen molar-refractivity contribution in [1.29, 1.82) is 0 Å². The highest BCUT2D eigenvalue weighted by atomic mass is 35.5. The van der Waals surface area contributed by atoms with Crippen molar-refractivity contribution in [2.75, 3.05) is 11.5 Å². The number of carbonyl (C=O) groups excluding carboxylic acids is 1. The molecular formula is C12H13ClN6O. The van der Waals surface area contributed by atoms with E-state index in [0.717, 1.165) is 10.2 Å². The van der Waals surface area contributed by atoms with Gasteiger partial charge in [0.1, 0.15) is 0 Å². The van der Waals surface area contributed by atoms with Crippen LogP contribution in [0.1, 0.15) is 17.3 Å². The van der Waals surface area contributed by atoms with E-state index >= 15 is 0 Å². The molecule has 0 unspecified atom stereocenters. The van der Waals surface area contributed by atoms with E-state index in [1.54, 1.807) is 18.2 Å². The minimum atomic E-state index is -0.352. The van der Waals surface area contributed by atoms with Gasteiger partial charge in [-0.1, -0.05) is 17.7 Å². The number of nitrogens with zero attached hydrogens (tertiary/aromatic N) is 4. The van der Waals surface area contributed by atoms with Crippen LogP contribution in [-0.2, 0) is 0 Å².